The molecule has 0 aliphatic rings. The third kappa shape index (κ3) is 3.27. The Bertz CT molecular complexity index is 629. The van der Waals surface area contributed by atoms with Crippen LogP contribution in [0.3, 0.4) is 0 Å². The van der Waals surface area contributed by atoms with Crippen molar-refractivity contribution in [2.24, 2.45) is 5.73 Å². The molecule has 1 heterocycles. The molecule has 6 heteroatoms. The van der Waals surface area contributed by atoms with Crippen LogP contribution in [0.2, 0.25) is 0 Å². The first kappa shape index (κ1) is 13.9. The topological polar surface area (TPSA) is 50.9 Å². The average molecular weight is 340 g/mol. The molecule has 0 radical (unpaired) electrons. The highest BCUT2D eigenvalue weighted by Crippen LogP contribution is 2.26. The van der Waals surface area contributed by atoms with Gasteiger partial charge in [-0.3, -0.25) is 4.98 Å². The SMILES string of the molecule is Cc1cc(F)c(Br)cc1Nc1ccc(C(N)=S)nc1. The Labute approximate surface area is 124 Å². The molecule has 3 nitrogen and oxygen atoms in total. The summed E-state index contributed by atoms with van der Waals surface area (Å²) in [5.41, 5.74) is 8.43. The van der Waals surface area contributed by atoms with Crippen LogP contribution in [-0.2, 0) is 0 Å². The highest BCUT2D eigenvalue weighted by molar-refractivity contribution is 9.10. The molecule has 0 amide bonds. The molecule has 0 bridgehead atoms. The first-order valence-corrected chi connectivity index (χ1v) is 6.66. The first-order valence-electron chi connectivity index (χ1n) is 5.46. The van der Waals surface area contributed by atoms with Crippen molar-refractivity contribution in [3.8, 4) is 0 Å². The molecule has 1 aromatic heterocycles. The van der Waals surface area contributed by atoms with Gasteiger partial charge in [-0.2, -0.15) is 0 Å². The number of nitrogens with zero attached hydrogens (tertiary/aromatic N) is 1. The van der Waals surface area contributed by atoms with Crippen molar-refractivity contribution >= 4 is 44.5 Å². The van der Waals surface area contributed by atoms with Crippen LogP contribution in [0.25, 0.3) is 0 Å². The van der Waals surface area contributed by atoms with Gasteiger partial charge in [0.05, 0.1) is 22.1 Å². The predicted octanol–water partition coefficient (Wildman–Crippen LogP) is 3.67. The highest BCUT2D eigenvalue weighted by atomic mass is 79.9. The van der Waals surface area contributed by atoms with Gasteiger partial charge in [-0.15, -0.1) is 0 Å². The molecule has 2 rings (SSSR count). The van der Waals surface area contributed by atoms with Crippen LogP contribution in [0, 0.1) is 12.7 Å². The van der Waals surface area contributed by atoms with Crippen molar-refractivity contribution in [1.29, 1.82) is 0 Å². The van der Waals surface area contributed by atoms with Gasteiger partial charge < -0.3 is 11.1 Å². The zero-order chi connectivity index (χ0) is 14.0. The van der Waals surface area contributed by atoms with Crippen molar-refractivity contribution in [1.82, 2.24) is 4.98 Å². The number of halogens is 2. The molecule has 0 unspecified atom stereocenters. The van der Waals surface area contributed by atoms with Gasteiger partial charge in [0.25, 0.3) is 0 Å². The molecule has 0 aliphatic carbocycles. The Kier molecular flexibility index (Phi) is 4.11. The van der Waals surface area contributed by atoms with Gasteiger partial charge in [0, 0.05) is 5.69 Å². The summed E-state index contributed by atoms with van der Waals surface area (Å²) in [6, 6.07) is 6.70. The van der Waals surface area contributed by atoms with E-state index < -0.39 is 0 Å². The molecule has 1 aromatic carbocycles. The number of rotatable bonds is 3. The predicted molar refractivity (Wildman–Crippen MR) is 82.2 cm³/mol. The average Bonchev–Trinajstić information content (AvgIpc) is 2.36. The summed E-state index contributed by atoms with van der Waals surface area (Å²) in [6.45, 7) is 1.83. The summed E-state index contributed by atoms with van der Waals surface area (Å²) < 4.78 is 13.7. The third-order valence-corrected chi connectivity index (χ3v) is 3.38. The van der Waals surface area contributed by atoms with Gasteiger partial charge in [0.2, 0.25) is 0 Å². The molecule has 0 atom stereocenters. The minimum atomic E-state index is -0.287. The third-order valence-electron chi connectivity index (χ3n) is 2.56. The lowest BCUT2D eigenvalue weighted by atomic mass is 10.2. The summed E-state index contributed by atoms with van der Waals surface area (Å²) >= 11 is 7.99. The molecule has 0 saturated carbocycles. The molecule has 0 saturated heterocycles. The van der Waals surface area contributed by atoms with Crippen LogP contribution in [-0.4, -0.2) is 9.97 Å². The number of aromatic nitrogens is 1. The maximum Gasteiger partial charge on any atom is 0.137 e. The number of nitrogens with two attached hydrogens (primary N) is 1. The van der Waals surface area contributed by atoms with Gasteiger partial charge in [0.15, 0.2) is 0 Å². The van der Waals surface area contributed by atoms with Gasteiger partial charge in [0.1, 0.15) is 10.8 Å². The molecule has 0 spiro atoms. The fraction of sp³-hybridized carbons (Fsp3) is 0.0769. The van der Waals surface area contributed by atoms with Crippen LogP contribution in [0.5, 0.6) is 0 Å². The number of hydrogen-bond donors (Lipinski definition) is 2. The fourth-order valence-electron chi connectivity index (χ4n) is 1.55. The van der Waals surface area contributed by atoms with E-state index in [1.54, 1.807) is 18.3 Å². The van der Waals surface area contributed by atoms with Crippen molar-refractivity contribution in [3.05, 3.63) is 52.0 Å². The van der Waals surface area contributed by atoms with Gasteiger partial charge in [-0.1, -0.05) is 12.2 Å². The smallest absolute Gasteiger partial charge is 0.137 e. The van der Waals surface area contributed by atoms with Gasteiger partial charge >= 0.3 is 0 Å². The minimum Gasteiger partial charge on any atom is -0.388 e. The van der Waals surface area contributed by atoms with Gasteiger partial charge in [-0.05, 0) is 52.7 Å². The molecule has 0 fully saturated rings. The van der Waals surface area contributed by atoms with Crippen LogP contribution in [0.15, 0.2) is 34.9 Å². The first-order chi connectivity index (χ1) is 8.97. The lowest BCUT2D eigenvalue weighted by molar-refractivity contribution is 0.620. The molecular formula is C13H11BrFN3S. The molecule has 2 aromatic rings. The maximum atomic E-state index is 13.3. The van der Waals surface area contributed by atoms with E-state index in [1.807, 2.05) is 13.0 Å². The maximum absolute atomic E-state index is 13.3. The minimum absolute atomic E-state index is 0.257. The Balaban J connectivity index is 2.26. The van der Waals surface area contributed by atoms with Crippen molar-refractivity contribution in [3.63, 3.8) is 0 Å². The van der Waals surface area contributed by atoms with Crippen LogP contribution < -0.4 is 11.1 Å². The summed E-state index contributed by atoms with van der Waals surface area (Å²) in [5.74, 6) is -0.287. The monoisotopic (exact) mass is 339 g/mol. The summed E-state index contributed by atoms with van der Waals surface area (Å²) in [6.07, 6.45) is 1.63. The van der Waals surface area contributed by atoms with Crippen LogP contribution in [0.1, 0.15) is 11.3 Å². The number of nitrogens with one attached hydrogen (secondary N) is 1. The Morgan fingerprint density at radius 2 is 2.16 bits per heavy atom. The second-order valence-corrected chi connectivity index (χ2v) is 5.30. The van der Waals surface area contributed by atoms with E-state index >= 15 is 0 Å². The zero-order valence-corrected chi connectivity index (χ0v) is 12.5. The molecule has 19 heavy (non-hydrogen) atoms. The Morgan fingerprint density at radius 1 is 1.42 bits per heavy atom. The standard InChI is InChI=1S/C13H11BrFN3S/c1-7-4-10(15)9(14)5-12(7)18-8-2-3-11(13(16)19)17-6-8/h2-6,18H,1H3,(H2,16,19). The lowest BCUT2D eigenvalue weighted by Crippen LogP contribution is -2.11. The number of thiocarbonyl (C=S) groups is 1. The Hall–Kier alpha value is -1.53. The summed E-state index contributed by atoms with van der Waals surface area (Å²) in [7, 11) is 0. The van der Waals surface area contributed by atoms with E-state index in [2.05, 4.69) is 26.2 Å². The van der Waals surface area contributed by atoms with Crippen molar-refractivity contribution in [2.75, 3.05) is 5.32 Å². The Morgan fingerprint density at radius 3 is 2.74 bits per heavy atom. The van der Waals surface area contributed by atoms with Crippen molar-refractivity contribution < 1.29 is 4.39 Å². The molecular weight excluding hydrogens is 329 g/mol. The fourth-order valence-corrected chi connectivity index (χ4v) is 2.01. The van der Waals surface area contributed by atoms with E-state index in [9.17, 15) is 4.39 Å². The quantitative estimate of drug-likeness (QED) is 0.837. The number of benzene rings is 1. The second-order valence-electron chi connectivity index (χ2n) is 4.00. The molecule has 98 valence electrons. The number of aryl methyl sites for hydroxylation is 1. The van der Waals surface area contributed by atoms with E-state index in [-0.39, 0.29) is 10.8 Å². The largest absolute Gasteiger partial charge is 0.388 e. The molecule has 3 N–H and O–H groups in total. The van der Waals surface area contributed by atoms with Crippen LogP contribution >= 0.6 is 28.1 Å². The second kappa shape index (κ2) is 5.63. The van der Waals surface area contributed by atoms with Gasteiger partial charge in [-0.25, -0.2) is 4.39 Å². The highest BCUT2D eigenvalue weighted by Gasteiger charge is 2.06. The van der Waals surface area contributed by atoms with E-state index in [0.717, 1.165) is 16.9 Å². The number of hydrogen-bond acceptors (Lipinski definition) is 3. The van der Waals surface area contributed by atoms with Crippen molar-refractivity contribution in [2.45, 2.75) is 6.92 Å². The number of pyridine rings is 1. The summed E-state index contributed by atoms with van der Waals surface area (Å²) in [5, 5.41) is 3.16. The van der Waals surface area contributed by atoms with Crippen LogP contribution in [0.4, 0.5) is 15.8 Å². The number of anilines is 2. The van der Waals surface area contributed by atoms with E-state index in [0.29, 0.717) is 10.2 Å². The van der Waals surface area contributed by atoms with E-state index in [1.165, 1.54) is 6.07 Å². The lowest BCUT2D eigenvalue weighted by Gasteiger charge is -2.10. The molecule has 0 aliphatic heterocycles. The normalized spacial score (nSPS) is 10.3. The zero-order valence-electron chi connectivity index (χ0n) is 10.1. The summed E-state index contributed by atoms with van der Waals surface area (Å²) in [4.78, 5) is 4.39. The van der Waals surface area contributed by atoms with E-state index in [4.69, 9.17) is 18.0 Å².